The van der Waals surface area contributed by atoms with Crippen LogP contribution in [-0.2, 0) is 13.0 Å². The third-order valence-corrected chi connectivity index (χ3v) is 3.03. The first-order chi connectivity index (χ1) is 7.38. The zero-order valence-corrected chi connectivity index (χ0v) is 9.42. The lowest BCUT2D eigenvalue weighted by molar-refractivity contribution is 0.829. The Morgan fingerprint density at radius 2 is 2.33 bits per heavy atom. The van der Waals surface area contributed by atoms with Gasteiger partial charge in [-0.2, -0.15) is 0 Å². The highest BCUT2D eigenvalue weighted by molar-refractivity contribution is 7.11. The molecule has 0 saturated carbocycles. The maximum Gasteiger partial charge on any atom is 0.0972 e. The number of nitrogens with one attached hydrogen (secondary N) is 1. The molecule has 0 aromatic carbocycles. The van der Waals surface area contributed by atoms with Gasteiger partial charge in [-0.25, -0.2) is 4.98 Å². The first kappa shape index (κ1) is 10.3. The van der Waals surface area contributed by atoms with E-state index in [1.54, 1.807) is 17.5 Å². The number of aromatic nitrogens is 2. The van der Waals surface area contributed by atoms with Crippen LogP contribution in [0.2, 0.25) is 0 Å². The second-order valence-electron chi connectivity index (χ2n) is 3.29. The molecular weight excluding hydrogens is 206 g/mol. The van der Waals surface area contributed by atoms with Crippen molar-refractivity contribution in [3.63, 3.8) is 0 Å². The molecule has 78 valence electrons. The van der Waals surface area contributed by atoms with E-state index in [4.69, 9.17) is 0 Å². The molecule has 0 bridgehead atoms. The van der Waals surface area contributed by atoms with E-state index in [0.717, 1.165) is 18.0 Å². The predicted molar refractivity (Wildman–Crippen MR) is 61.9 cm³/mol. The van der Waals surface area contributed by atoms with Crippen molar-refractivity contribution in [1.82, 2.24) is 15.3 Å². The van der Waals surface area contributed by atoms with Crippen LogP contribution in [0, 0.1) is 0 Å². The van der Waals surface area contributed by atoms with Gasteiger partial charge in [0, 0.05) is 36.4 Å². The number of nitrogens with zero attached hydrogens (tertiary/aromatic N) is 2. The Morgan fingerprint density at radius 1 is 1.40 bits per heavy atom. The Labute approximate surface area is 93.2 Å². The predicted octanol–water partition coefficient (Wildman–Crippen LogP) is 1.85. The molecule has 0 saturated heterocycles. The Kier molecular flexibility index (Phi) is 3.42. The van der Waals surface area contributed by atoms with Gasteiger partial charge in [-0.3, -0.25) is 4.98 Å². The molecule has 0 spiro atoms. The standard InChI is InChI=1S/C11H13N3S/c1-12-7-10-8-14-11(15-10)5-9-3-2-4-13-6-9/h2-4,6,8,12H,5,7H2,1H3. The molecule has 2 rings (SSSR count). The molecule has 1 N–H and O–H groups in total. The van der Waals surface area contributed by atoms with E-state index >= 15 is 0 Å². The van der Waals surface area contributed by atoms with Gasteiger partial charge in [0.15, 0.2) is 0 Å². The van der Waals surface area contributed by atoms with Crippen molar-refractivity contribution in [3.05, 3.63) is 46.2 Å². The summed E-state index contributed by atoms with van der Waals surface area (Å²) in [7, 11) is 1.94. The number of rotatable bonds is 4. The number of hydrogen-bond donors (Lipinski definition) is 1. The molecule has 0 aliphatic heterocycles. The summed E-state index contributed by atoms with van der Waals surface area (Å²) in [5, 5.41) is 4.27. The van der Waals surface area contributed by atoms with Crippen molar-refractivity contribution in [3.8, 4) is 0 Å². The van der Waals surface area contributed by atoms with Crippen molar-refractivity contribution in [1.29, 1.82) is 0 Å². The van der Waals surface area contributed by atoms with Crippen LogP contribution in [0.25, 0.3) is 0 Å². The van der Waals surface area contributed by atoms with Crippen molar-refractivity contribution >= 4 is 11.3 Å². The van der Waals surface area contributed by atoms with Crippen LogP contribution in [0.4, 0.5) is 0 Å². The Bertz CT molecular complexity index is 411. The lowest BCUT2D eigenvalue weighted by Gasteiger charge is -1.95. The molecule has 3 nitrogen and oxygen atoms in total. The Morgan fingerprint density at radius 3 is 3.07 bits per heavy atom. The molecule has 2 aromatic rings. The zero-order chi connectivity index (χ0) is 10.5. The van der Waals surface area contributed by atoms with Crippen LogP contribution in [-0.4, -0.2) is 17.0 Å². The van der Waals surface area contributed by atoms with Gasteiger partial charge in [0.05, 0.1) is 5.01 Å². The molecule has 2 aromatic heterocycles. The molecule has 15 heavy (non-hydrogen) atoms. The third kappa shape index (κ3) is 2.84. The van der Waals surface area contributed by atoms with Crippen molar-refractivity contribution in [2.45, 2.75) is 13.0 Å². The maximum absolute atomic E-state index is 4.38. The normalized spacial score (nSPS) is 10.5. The summed E-state index contributed by atoms with van der Waals surface area (Å²) in [6.07, 6.45) is 6.49. The van der Waals surface area contributed by atoms with Gasteiger partial charge in [0.1, 0.15) is 0 Å². The summed E-state index contributed by atoms with van der Waals surface area (Å²) >= 11 is 1.75. The monoisotopic (exact) mass is 219 g/mol. The largest absolute Gasteiger partial charge is 0.315 e. The fourth-order valence-corrected chi connectivity index (χ4v) is 2.33. The summed E-state index contributed by atoms with van der Waals surface area (Å²) in [5.41, 5.74) is 1.21. The van der Waals surface area contributed by atoms with Crippen molar-refractivity contribution < 1.29 is 0 Å². The fourth-order valence-electron chi connectivity index (χ4n) is 1.36. The molecule has 0 amide bonds. The van der Waals surface area contributed by atoms with Crippen LogP contribution >= 0.6 is 11.3 Å². The zero-order valence-electron chi connectivity index (χ0n) is 8.60. The molecular formula is C11H13N3S. The second kappa shape index (κ2) is 5.00. The number of thiazole rings is 1. The van der Waals surface area contributed by atoms with Gasteiger partial charge in [-0.1, -0.05) is 6.07 Å². The summed E-state index contributed by atoms with van der Waals surface area (Å²) in [6, 6.07) is 4.03. The summed E-state index contributed by atoms with van der Waals surface area (Å²) in [6.45, 7) is 0.894. The topological polar surface area (TPSA) is 37.8 Å². The van der Waals surface area contributed by atoms with Crippen LogP contribution in [0.3, 0.4) is 0 Å². The average molecular weight is 219 g/mol. The fraction of sp³-hybridized carbons (Fsp3) is 0.273. The maximum atomic E-state index is 4.38. The van der Waals surface area contributed by atoms with E-state index in [-0.39, 0.29) is 0 Å². The van der Waals surface area contributed by atoms with Gasteiger partial charge in [0.2, 0.25) is 0 Å². The first-order valence-electron chi connectivity index (χ1n) is 4.85. The smallest absolute Gasteiger partial charge is 0.0972 e. The molecule has 0 fully saturated rings. The second-order valence-corrected chi connectivity index (χ2v) is 4.49. The first-order valence-corrected chi connectivity index (χ1v) is 5.67. The van der Waals surface area contributed by atoms with E-state index in [1.165, 1.54) is 10.4 Å². The lowest BCUT2D eigenvalue weighted by atomic mass is 10.2. The van der Waals surface area contributed by atoms with Crippen LogP contribution in [0.15, 0.2) is 30.7 Å². The number of pyridine rings is 1. The van der Waals surface area contributed by atoms with E-state index in [0.29, 0.717) is 0 Å². The highest BCUT2D eigenvalue weighted by Crippen LogP contribution is 2.15. The molecule has 0 radical (unpaired) electrons. The molecule has 4 heteroatoms. The van der Waals surface area contributed by atoms with Gasteiger partial charge >= 0.3 is 0 Å². The van der Waals surface area contributed by atoms with Gasteiger partial charge < -0.3 is 5.32 Å². The Balaban J connectivity index is 2.05. The molecule has 0 aliphatic rings. The minimum atomic E-state index is 0.877. The Hall–Kier alpha value is -1.26. The van der Waals surface area contributed by atoms with Gasteiger partial charge in [0.25, 0.3) is 0 Å². The van der Waals surface area contributed by atoms with E-state index in [1.807, 2.05) is 25.5 Å². The van der Waals surface area contributed by atoms with Crippen molar-refractivity contribution in [2.75, 3.05) is 7.05 Å². The minimum Gasteiger partial charge on any atom is -0.315 e. The number of hydrogen-bond acceptors (Lipinski definition) is 4. The van der Waals surface area contributed by atoms with E-state index < -0.39 is 0 Å². The van der Waals surface area contributed by atoms with E-state index in [2.05, 4.69) is 21.4 Å². The third-order valence-electron chi connectivity index (χ3n) is 2.03. The average Bonchev–Trinajstić information content (AvgIpc) is 2.68. The molecule has 0 unspecified atom stereocenters. The molecule has 0 atom stereocenters. The van der Waals surface area contributed by atoms with Crippen molar-refractivity contribution in [2.24, 2.45) is 0 Å². The summed E-state index contributed by atoms with van der Waals surface area (Å²) < 4.78 is 0. The molecule has 0 aliphatic carbocycles. The SMILES string of the molecule is CNCc1cnc(Cc2cccnc2)s1. The molecule has 2 heterocycles. The van der Waals surface area contributed by atoms with Gasteiger partial charge in [-0.05, 0) is 18.7 Å². The van der Waals surface area contributed by atoms with Crippen LogP contribution < -0.4 is 5.32 Å². The van der Waals surface area contributed by atoms with Crippen LogP contribution in [0.1, 0.15) is 15.4 Å². The lowest BCUT2D eigenvalue weighted by Crippen LogP contribution is -2.02. The minimum absolute atomic E-state index is 0.877. The summed E-state index contributed by atoms with van der Waals surface area (Å²) in [5.74, 6) is 0. The summed E-state index contributed by atoms with van der Waals surface area (Å²) in [4.78, 5) is 9.74. The van der Waals surface area contributed by atoms with Crippen LogP contribution in [0.5, 0.6) is 0 Å². The highest BCUT2D eigenvalue weighted by atomic mass is 32.1. The highest BCUT2D eigenvalue weighted by Gasteiger charge is 2.02. The van der Waals surface area contributed by atoms with E-state index in [9.17, 15) is 0 Å². The van der Waals surface area contributed by atoms with Gasteiger partial charge in [-0.15, -0.1) is 11.3 Å². The quantitative estimate of drug-likeness (QED) is 0.852.